The monoisotopic (exact) mass is 604 g/mol. The molecule has 44 heavy (non-hydrogen) atoms. The Morgan fingerprint density at radius 3 is 2.16 bits per heavy atom. The summed E-state index contributed by atoms with van der Waals surface area (Å²) in [6.07, 6.45) is 4.51. The maximum atomic E-state index is 14.1. The fourth-order valence-corrected chi connectivity index (χ4v) is 7.09. The molecule has 7 nitrogen and oxygen atoms in total. The Balaban J connectivity index is 1.33. The maximum absolute atomic E-state index is 14.1. The molecule has 0 saturated heterocycles. The van der Waals surface area contributed by atoms with E-state index in [1.165, 1.54) is 11.1 Å². The van der Waals surface area contributed by atoms with Gasteiger partial charge in [-0.1, -0.05) is 103 Å². The van der Waals surface area contributed by atoms with Gasteiger partial charge in [-0.05, 0) is 69.6 Å². The molecule has 0 aliphatic heterocycles. The van der Waals surface area contributed by atoms with Crippen molar-refractivity contribution < 1.29 is 23.9 Å². The molecule has 0 fully saturated rings. The van der Waals surface area contributed by atoms with Crippen LogP contribution in [0, 0.1) is 0 Å². The molecule has 2 unspecified atom stereocenters. The lowest BCUT2D eigenvalue weighted by Crippen LogP contribution is -2.38. The number of nitrogens with zero attached hydrogens (tertiary/aromatic N) is 1. The van der Waals surface area contributed by atoms with Gasteiger partial charge in [-0.25, -0.2) is 0 Å². The van der Waals surface area contributed by atoms with E-state index >= 15 is 0 Å². The average molecular weight is 605 g/mol. The molecule has 3 N–H and O–H groups in total. The van der Waals surface area contributed by atoms with E-state index < -0.39 is 19.2 Å². The summed E-state index contributed by atoms with van der Waals surface area (Å²) in [7, 11) is -3.20. The zero-order valence-electron chi connectivity index (χ0n) is 24.3. The Labute approximate surface area is 256 Å². The van der Waals surface area contributed by atoms with Crippen LogP contribution in [0.15, 0.2) is 115 Å². The summed E-state index contributed by atoms with van der Waals surface area (Å²) in [6.45, 7) is 0. The van der Waals surface area contributed by atoms with Gasteiger partial charge >= 0.3 is 7.60 Å². The SMILES string of the molecule is CN(C(=O)c1cc2ccccc2cc1NC(=O)C(c1cccc2ccccc12)P(=O)(O)O)C1CC=C(c2ccccc2)CC1. The third-order valence-electron chi connectivity index (χ3n) is 8.47. The van der Waals surface area contributed by atoms with Crippen molar-refractivity contribution >= 4 is 52.2 Å². The summed E-state index contributed by atoms with van der Waals surface area (Å²) in [6, 6.07) is 33.3. The van der Waals surface area contributed by atoms with Crippen LogP contribution < -0.4 is 5.32 Å². The first kappa shape index (κ1) is 29.5. The van der Waals surface area contributed by atoms with Crippen molar-refractivity contribution in [3.8, 4) is 0 Å². The highest BCUT2D eigenvalue weighted by molar-refractivity contribution is 7.53. The predicted molar refractivity (Wildman–Crippen MR) is 175 cm³/mol. The van der Waals surface area contributed by atoms with Crippen molar-refractivity contribution in [1.29, 1.82) is 0 Å². The second-order valence-corrected chi connectivity index (χ2v) is 12.9. The van der Waals surface area contributed by atoms with Crippen molar-refractivity contribution in [3.63, 3.8) is 0 Å². The quantitative estimate of drug-likeness (QED) is 0.166. The van der Waals surface area contributed by atoms with E-state index in [4.69, 9.17) is 0 Å². The third kappa shape index (κ3) is 5.95. The van der Waals surface area contributed by atoms with Crippen LogP contribution in [0.25, 0.3) is 27.1 Å². The van der Waals surface area contributed by atoms with Gasteiger partial charge in [-0.15, -0.1) is 0 Å². The van der Waals surface area contributed by atoms with Crippen LogP contribution >= 0.6 is 7.60 Å². The summed E-state index contributed by atoms with van der Waals surface area (Å²) < 4.78 is 12.8. The molecular formula is C36H33N2O5P. The van der Waals surface area contributed by atoms with E-state index in [-0.39, 0.29) is 28.8 Å². The van der Waals surface area contributed by atoms with Gasteiger partial charge in [0.15, 0.2) is 5.66 Å². The zero-order chi connectivity index (χ0) is 30.8. The van der Waals surface area contributed by atoms with Gasteiger partial charge in [0, 0.05) is 13.1 Å². The Hall–Kier alpha value is -4.55. The zero-order valence-corrected chi connectivity index (χ0v) is 25.2. The van der Waals surface area contributed by atoms with Gasteiger partial charge < -0.3 is 20.0 Å². The number of carbonyl (C=O) groups excluding carboxylic acids is 2. The van der Waals surface area contributed by atoms with Crippen molar-refractivity contribution in [2.45, 2.75) is 31.0 Å². The largest absolute Gasteiger partial charge is 0.342 e. The molecule has 0 spiro atoms. The molecule has 5 aromatic carbocycles. The highest BCUT2D eigenvalue weighted by atomic mass is 31.2. The minimum Gasteiger partial charge on any atom is -0.338 e. The maximum Gasteiger partial charge on any atom is 0.342 e. The molecule has 2 atom stereocenters. The Morgan fingerprint density at radius 2 is 1.48 bits per heavy atom. The lowest BCUT2D eigenvalue weighted by molar-refractivity contribution is -0.116. The molecule has 0 saturated carbocycles. The molecule has 8 heteroatoms. The van der Waals surface area contributed by atoms with E-state index in [0.717, 1.165) is 29.0 Å². The summed E-state index contributed by atoms with van der Waals surface area (Å²) in [5, 5.41) is 5.69. The minimum absolute atomic E-state index is 0.0384. The molecule has 0 radical (unpaired) electrons. The van der Waals surface area contributed by atoms with Crippen molar-refractivity contribution in [1.82, 2.24) is 4.90 Å². The molecule has 5 aromatic rings. The van der Waals surface area contributed by atoms with Crippen LogP contribution in [-0.2, 0) is 9.36 Å². The number of fused-ring (bicyclic) bond motifs is 2. The Bertz CT molecular complexity index is 1940. The number of carbonyl (C=O) groups is 2. The first-order valence-corrected chi connectivity index (χ1v) is 16.3. The second-order valence-electron chi connectivity index (χ2n) is 11.2. The fourth-order valence-electron chi connectivity index (χ4n) is 6.13. The second kappa shape index (κ2) is 12.2. The van der Waals surface area contributed by atoms with Crippen LogP contribution in [0.4, 0.5) is 5.69 Å². The molecule has 6 rings (SSSR count). The summed E-state index contributed by atoms with van der Waals surface area (Å²) in [5.74, 6) is -1.15. The average Bonchev–Trinajstić information content (AvgIpc) is 3.04. The lowest BCUT2D eigenvalue weighted by Gasteiger charge is -2.31. The molecule has 0 aromatic heterocycles. The molecular weight excluding hydrogens is 571 g/mol. The van der Waals surface area contributed by atoms with Crippen molar-refractivity contribution in [3.05, 3.63) is 132 Å². The first-order chi connectivity index (χ1) is 21.2. The summed E-state index contributed by atoms with van der Waals surface area (Å²) in [4.78, 5) is 50.4. The summed E-state index contributed by atoms with van der Waals surface area (Å²) >= 11 is 0. The van der Waals surface area contributed by atoms with Crippen LogP contribution in [0.3, 0.4) is 0 Å². The number of allylic oxidation sites excluding steroid dienone is 1. The topological polar surface area (TPSA) is 107 Å². The standard InChI is InChI=1S/C36H33N2O5P/c1-38(29-20-18-25(19-21-29)24-10-3-2-4-11-24)36(40)32-22-27-13-5-6-14-28(27)23-33(32)37-35(39)34(44(41,42)43)31-17-9-15-26-12-7-8-16-30(26)31/h2-18,22-23,29,34H,19-21H2,1H3,(H,37,39)(H2,41,42,43). The molecule has 1 aliphatic rings. The third-order valence-corrected chi connectivity index (χ3v) is 9.66. The number of rotatable bonds is 7. The van der Waals surface area contributed by atoms with Gasteiger partial charge in [0.05, 0.1) is 11.3 Å². The van der Waals surface area contributed by atoms with Crippen molar-refractivity contribution in [2.75, 3.05) is 12.4 Å². The van der Waals surface area contributed by atoms with Crippen LogP contribution in [0.2, 0.25) is 0 Å². The van der Waals surface area contributed by atoms with Gasteiger partial charge in [0.1, 0.15) is 0 Å². The molecule has 222 valence electrons. The van der Waals surface area contributed by atoms with Gasteiger partial charge in [0.25, 0.3) is 5.91 Å². The van der Waals surface area contributed by atoms with E-state index in [1.807, 2.05) is 60.7 Å². The molecule has 0 heterocycles. The van der Waals surface area contributed by atoms with E-state index in [2.05, 4.69) is 23.5 Å². The van der Waals surface area contributed by atoms with Gasteiger partial charge in [-0.3, -0.25) is 14.2 Å². The highest BCUT2D eigenvalue weighted by Gasteiger charge is 2.39. The predicted octanol–water partition coefficient (Wildman–Crippen LogP) is 7.56. The fraction of sp³-hybridized carbons (Fsp3) is 0.167. The smallest absolute Gasteiger partial charge is 0.338 e. The number of amides is 2. The normalized spacial score (nSPS) is 15.9. The first-order valence-electron chi connectivity index (χ1n) is 14.6. The lowest BCUT2D eigenvalue weighted by atomic mass is 9.90. The van der Waals surface area contributed by atoms with Crippen molar-refractivity contribution in [2.24, 2.45) is 0 Å². The van der Waals surface area contributed by atoms with Gasteiger partial charge in [0.2, 0.25) is 5.91 Å². The Kier molecular flexibility index (Phi) is 8.19. The molecule has 0 bridgehead atoms. The van der Waals surface area contributed by atoms with E-state index in [1.54, 1.807) is 48.3 Å². The van der Waals surface area contributed by atoms with Gasteiger partial charge in [-0.2, -0.15) is 0 Å². The Morgan fingerprint density at radius 1 is 0.841 bits per heavy atom. The van der Waals surface area contributed by atoms with Crippen LogP contribution in [-0.4, -0.2) is 39.6 Å². The van der Waals surface area contributed by atoms with Crippen LogP contribution in [0.1, 0.15) is 46.4 Å². The number of hydrogen-bond acceptors (Lipinski definition) is 3. The molecule has 1 aliphatic carbocycles. The molecule has 2 amide bonds. The van der Waals surface area contributed by atoms with E-state index in [0.29, 0.717) is 11.8 Å². The number of nitrogens with one attached hydrogen (secondary N) is 1. The highest BCUT2D eigenvalue weighted by Crippen LogP contribution is 2.53. The van der Waals surface area contributed by atoms with Crippen LogP contribution in [0.5, 0.6) is 0 Å². The number of anilines is 1. The van der Waals surface area contributed by atoms with E-state index in [9.17, 15) is 23.9 Å². The minimum atomic E-state index is -4.97. The number of hydrogen-bond donors (Lipinski definition) is 3. The number of benzene rings is 5. The summed E-state index contributed by atoms with van der Waals surface area (Å²) in [5.41, 5.74) is 1.38.